The van der Waals surface area contributed by atoms with Crippen LogP contribution in [-0.2, 0) is 0 Å². The van der Waals surface area contributed by atoms with Gasteiger partial charge in [-0.05, 0) is 37.1 Å². The molecular formula is C18H29N3O4. The summed E-state index contributed by atoms with van der Waals surface area (Å²) in [6, 6.07) is 7.83. The average Bonchev–Trinajstić information content (AvgIpc) is 2.82. The van der Waals surface area contributed by atoms with E-state index in [1.54, 1.807) is 4.90 Å². The van der Waals surface area contributed by atoms with Gasteiger partial charge in [0.05, 0.1) is 19.3 Å². The molecule has 25 heavy (non-hydrogen) atoms. The molecule has 2 rings (SSSR count). The molecule has 1 unspecified atom stereocenters. The van der Waals surface area contributed by atoms with Crippen molar-refractivity contribution in [2.75, 3.05) is 50.8 Å². The van der Waals surface area contributed by atoms with Gasteiger partial charge in [-0.2, -0.15) is 0 Å². The van der Waals surface area contributed by atoms with E-state index in [4.69, 9.17) is 9.84 Å². The summed E-state index contributed by atoms with van der Waals surface area (Å²) >= 11 is 0. The van der Waals surface area contributed by atoms with Crippen molar-refractivity contribution in [1.82, 2.24) is 10.2 Å². The van der Waals surface area contributed by atoms with Gasteiger partial charge in [-0.3, -0.25) is 0 Å². The van der Waals surface area contributed by atoms with Crippen molar-refractivity contribution < 1.29 is 19.7 Å². The Kier molecular flexibility index (Phi) is 7.33. The van der Waals surface area contributed by atoms with Gasteiger partial charge in [0, 0.05) is 38.4 Å². The number of hydrogen-bond donors (Lipinski definition) is 3. The topological polar surface area (TPSA) is 85.3 Å². The first kappa shape index (κ1) is 19.3. The Morgan fingerprint density at radius 1 is 1.32 bits per heavy atom. The number of hydrogen-bond acceptors (Lipinski definition) is 5. The number of nitrogens with zero attached hydrogens (tertiary/aromatic N) is 2. The summed E-state index contributed by atoms with van der Waals surface area (Å²) in [6.45, 7) is 7.32. The lowest BCUT2D eigenvalue weighted by Crippen LogP contribution is -2.45. The molecule has 0 aliphatic carbocycles. The number of aliphatic hydroxyl groups excluding tert-OH is 2. The van der Waals surface area contributed by atoms with E-state index in [2.05, 4.69) is 17.1 Å². The Morgan fingerprint density at radius 3 is 2.68 bits per heavy atom. The predicted octanol–water partition coefficient (Wildman–Crippen LogP) is 0.906. The minimum atomic E-state index is -0.922. The quantitative estimate of drug-likeness (QED) is 0.709. The Morgan fingerprint density at radius 2 is 2.04 bits per heavy atom. The molecule has 140 valence electrons. The van der Waals surface area contributed by atoms with E-state index in [-0.39, 0.29) is 19.2 Å². The third kappa shape index (κ3) is 5.79. The number of amides is 2. The van der Waals surface area contributed by atoms with E-state index < -0.39 is 6.10 Å². The lowest BCUT2D eigenvalue weighted by atomic mass is 10.1. The van der Waals surface area contributed by atoms with Gasteiger partial charge < -0.3 is 30.1 Å². The number of carbonyl (C=O) groups is 1. The second kappa shape index (κ2) is 9.48. The Bertz CT molecular complexity index is 538. The molecule has 0 spiro atoms. The second-order valence-electron chi connectivity index (χ2n) is 6.45. The van der Waals surface area contributed by atoms with Gasteiger partial charge in [-0.1, -0.05) is 6.92 Å². The fourth-order valence-electron chi connectivity index (χ4n) is 2.95. The summed E-state index contributed by atoms with van der Waals surface area (Å²) in [5.41, 5.74) is 1.12. The number of ether oxygens (including phenoxy) is 1. The number of carbonyl (C=O) groups excluding carboxylic acids is 1. The fraction of sp³-hybridized carbons (Fsp3) is 0.611. The van der Waals surface area contributed by atoms with Crippen LogP contribution < -0.4 is 15.0 Å². The van der Waals surface area contributed by atoms with Gasteiger partial charge in [0.1, 0.15) is 5.75 Å². The predicted molar refractivity (Wildman–Crippen MR) is 97.1 cm³/mol. The van der Waals surface area contributed by atoms with Crippen LogP contribution in [0.3, 0.4) is 0 Å². The number of aliphatic hydroxyl groups is 2. The summed E-state index contributed by atoms with van der Waals surface area (Å²) in [4.78, 5) is 16.3. The molecule has 0 radical (unpaired) electrons. The SMILES string of the molecule is CCOc1ccc(N2CCN(C(=O)NC[C@@H](O)CO)CC(C)C2)cc1. The van der Waals surface area contributed by atoms with Crippen molar-refractivity contribution in [3.8, 4) is 5.75 Å². The first-order valence-corrected chi connectivity index (χ1v) is 8.83. The van der Waals surface area contributed by atoms with Crippen LogP contribution in [0.5, 0.6) is 5.75 Å². The van der Waals surface area contributed by atoms with Crippen molar-refractivity contribution in [2.24, 2.45) is 5.92 Å². The molecule has 1 fully saturated rings. The van der Waals surface area contributed by atoms with Crippen LogP contribution in [0.2, 0.25) is 0 Å². The van der Waals surface area contributed by atoms with Gasteiger partial charge in [0.15, 0.2) is 0 Å². The Balaban J connectivity index is 1.94. The van der Waals surface area contributed by atoms with E-state index in [1.807, 2.05) is 31.2 Å². The zero-order valence-corrected chi connectivity index (χ0v) is 15.0. The van der Waals surface area contributed by atoms with Gasteiger partial charge in [-0.15, -0.1) is 0 Å². The summed E-state index contributed by atoms with van der Waals surface area (Å²) in [7, 11) is 0. The van der Waals surface area contributed by atoms with E-state index in [0.29, 0.717) is 25.6 Å². The standard InChI is InChI=1S/C18H29N3O4/c1-3-25-17-6-4-15(5-7-17)20-8-9-21(12-14(2)11-20)18(24)19-10-16(23)13-22/h4-7,14,16,22-23H,3,8-13H2,1-2H3,(H,19,24)/t14?,16-/m1/s1. The highest BCUT2D eigenvalue weighted by Gasteiger charge is 2.23. The van der Waals surface area contributed by atoms with Gasteiger partial charge in [0.2, 0.25) is 0 Å². The average molecular weight is 351 g/mol. The molecule has 1 saturated heterocycles. The zero-order valence-electron chi connectivity index (χ0n) is 15.0. The maximum Gasteiger partial charge on any atom is 0.317 e. The summed E-state index contributed by atoms with van der Waals surface area (Å²) < 4.78 is 5.48. The molecule has 1 aliphatic heterocycles. The smallest absolute Gasteiger partial charge is 0.317 e. The molecule has 3 N–H and O–H groups in total. The number of rotatable bonds is 6. The maximum atomic E-state index is 12.3. The van der Waals surface area contributed by atoms with Crippen molar-refractivity contribution in [3.63, 3.8) is 0 Å². The first-order chi connectivity index (χ1) is 12.0. The molecule has 7 nitrogen and oxygen atoms in total. The van der Waals surface area contributed by atoms with Crippen molar-refractivity contribution in [3.05, 3.63) is 24.3 Å². The number of benzene rings is 1. The van der Waals surface area contributed by atoms with Crippen LogP contribution in [0.4, 0.5) is 10.5 Å². The van der Waals surface area contributed by atoms with Crippen molar-refractivity contribution in [1.29, 1.82) is 0 Å². The van der Waals surface area contributed by atoms with Crippen LogP contribution in [0, 0.1) is 5.92 Å². The third-order valence-corrected chi connectivity index (χ3v) is 4.20. The normalized spacial score (nSPS) is 19.3. The molecular weight excluding hydrogens is 322 g/mol. The second-order valence-corrected chi connectivity index (χ2v) is 6.45. The van der Waals surface area contributed by atoms with Crippen LogP contribution in [0.15, 0.2) is 24.3 Å². The molecule has 0 saturated carbocycles. The number of nitrogens with one attached hydrogen (secondary N) is 1. The molecule has 2 amide bonds. The summed E-state index contributed by atoms with van der Waals surface area (Å²) in [5.74, 6) is 1.18. The summed E-state index contributed by atoms with van der Waals surface area (Å²) in [6.07, 6.45) is -0.922. The highest BCUT2D eigenvalue weighted by Crippen LogP contribution is 2.22. The van der Waals surface area contributed by atoms with Gasteiger partial charge in [-0.25, -0.2) is 4.79 Å². The van der Waals surface area contributed by atoms with Crippen LogP contribution in [-0.4, -0.2) is 73.2 Å². The molecule has 7 heteroatoms. The van der Waals surface area contributed by atoms with E-state index in [0.717, 1.165) is 24.5 Å². The van der Waals surface area contributed by atoms with E-state index in [9.17, 15) is 9.90 Å². The lowest BCUT2D eigenvalue weighted by Gasteiger charge is -2.24. The molecule has 1 aromatic carbocycles. The highest BCUT2D eigenvalue weighted by atomic mass is 16.5. The minimum Gasteiger partial charge on any atom is -0.494 e. The maximum absolute atomic E-state index is 12.3. The Hall–Kier alpha value is -1.99. The largest absolute Gasteiger partial charge is 0.494 e. The minimum absolute atomic E-state index is 0.0584. The molecule has 0 aromatic heterocycles. The van der Waals surface area contributed by atoms with Crippen LogP contribution in [0.25, 0.3) is 0 Å². The van der Waals surface area contributed by atoms with Gasteiger partial charge >= 0.3 is 6.03 Å². The number of anilines is 1. The monoisotopic (exact) mass is 351 g/mol. The van der Waals surface area contributed by atoms with Crippen LogP contribution >= 0.6 is 0 Å². The summed E-state index contributed by atoms with van der Waals surface area (Å²) in [5, 5.41) is 20.9. The Labute approximate surface area is 149 Å². The molecule has 1 aliphatic rings. The molecule has 1 heterocycles. The zero-order chi connectivity index (χ0) is 18.2. The van der Waals surface area contributed by atoms with Gasteiger partial charge in [0.25, 0.3) is 0 Å². The van der Waals surface area contributed by atoms with E-state index in [1.165, 1.54) is 0 Å². The number of urea groups is 1. The third-order valence-electron chi connectivity index (χ3n) is 4.20. The van der Waals surface area contributed by atoms with Crippen LogP contribution in [0.1, 0.15) is 13.8 Å². The fourth-order valence-corrected chi connectivity index (χ4v) is 2.95. The molecule has 1 aromatic rings. The molecule has 2 atom stereocenters. The van der Waals surface area contributed by atoms with Crippen molar-refractivity contribution >= 4 is 11.7 Å². The van der Waals surface area contributed by atoms with E-state index >= 15 is 0 Å². The highest BCUT2D eigenvalue weighted by molar-refractivity contribution is 5.74. The lowest BCUT2D eigenvalue weighted by molar-refractivity contribution is 0.0938. The molecule has 0 bridgehead atoms. The van der Waals surface area contributed by atoms with Crippen molar-refractivity contribution in [2.45, 2.75) is 20.0 Å². The first-order valence-electron chi connectivity index (χ1n) is 8.83.